The van der Waals surface area contributed by atoms with E-state index in [1.165, 1.54) is 6.92 Å². The molecule has 0 radical (unpaired) electrons. The van der Waals surface area contributed by atoms with Crippen LogP contribution in [0.3, 0.4) is 0 Å². The zero-order valence-electron chi connectivity index (χ0n) is 13.8. The van der Waals surface area contributed by atoms with Gasteiger partial charge in [0.15, 0.2) is 11.6 Å². The number of amides is 1. The molecule has 1 aliphatic heterocycles. The van der Waals surface area contributed by atoms with Crippen LogP contribution in [0.25, 0.3) is 0 Å². The van der Waals surface area contributed by atoms with Gasteiger partial charge < -0.3 is 4.90 Å². The highest BCUT2D eigenvalue weighted by atomic mass is 32.2. The highest BCUT2D eigenvalue weighted by Gasteiger charge is 2.32. The molecule has 134 valence electrons. The minimum Gasteiger partial charge on any atom is -0.341 e. The van der Waals surface area contributed by atoms with E-state index < -0.39 is 27.7 Å². The fraction of sp³-hybridized carbons (Fsp3) is 0.562. The van der Waals surface area contributed by atoms with Gasteiger partial charge in [0.2, 0.25) is 15.9 Å². The lowest BCUT2D eigenvalue weighted by Gasteiger charge is -2.32. The van der Waals surface area contributed by atoms with Crippen LogP contribution in [0.1, 0.15) is 32.6 Å². The quantitative estimate of drug-likeness (QED) is 0.829. The smallest absolute Gasteiger partial charge is 0.246 e. The lowest BCUT2D eigenvalue weighted by Crippen LogP contribution is -2.49. The zero-order chi connectivity index (χ0) is 17.9. The first-order chi connectivity index (χ1) is 11.2. The van der Waals surface area contributed by atoms with Gasteiger partial charge in [0, 0.05) is 19.2 Å². The van der Waals surface area contributed by atoms with Crippen molar-refractivity contribution in [3.63, 3.8) is 0 Å². The number of hydrogen-bond donors (Lipinski definition) is 0. The van der Waals surface area contributed by atoms with Crippen molar-refractivity contribution in [2.75, 3.05) is 23.7 Å². The van der Waals surface area contributed by atoms with Crippen molar-refractivity contribution in [3.8, 4) is 0 Å². The van der Waals surface area contributed by atoms with Crippen molar-refractivity contribution in [1.82, 2.24) is 4.90 Å². The van der Waals surface area contributed by atoms with E-state index in [-0.39, 0.29) is 11.6 Å². The molecule has 0 N–H and O–H groups in total. The Bertz CT molecular complexity index is 701. The Morgan fingerprint density at radius 2 is 1.71 bits per heavy atom. The van der Waals surface area contributed by atoms with E-state index >= 15 is 0 Å². The molecule has 0 spiro atoms. The van der Waals surface area contributed by atoms with Gasteiger partial charge in [-0.2, -0.15) is 0 Å². The number of anilines is 1. The van der Waals surface area contributed by atoms with Crippen LogP contribution in [-0.4, -0.2) is 44.6 Å². The van der Waals surface area contributed by atoms with E-state index in [4.69, 9.17) is 0 Å². The van der Waals surface area contributed by atoms with E-state index in [0.717, 1.165) is 54.4 Å². The van der Waals surface area contributed by atoms with E-state index in [1.54, 1.807) is 4.90 Å². The standard InChI is InChI=1S/C16H22F2N2O3S/c1-12(16(21)19-9-5-3-4-6-10-19)20(24(2,22)23)13-7-8-14(17)15(18)11-13/h7-8,11-12H,3-6,9-10H2,1-2H3. The van der Waals surface area contributed by atoms with Crippen LogP contribution in [-0.2, 0) is 14.8 Å². The van der Waals surface area contributed by atoms with Gasteiger partial charge in [-0.1, -0.05) is 12.8 Å². The summed E-state index contributed by atoms with van der Waals surface area (Å²) in [6.07, 6.45) is 4.78. The molecule has 1 amide bonds. The van der Waals surface area contributed by atoms with Gasteiger partial charge in [-0.15, -0.1) is 0 Å². The molecule has 0 saturated carbocycles. The Labute approximate surface area is 141 Å². The number of carbonyl (C=O) groups excluding carboxylic acids is 1. The van der Waals surface area contributed by atoms with Crippen molar-refractivity contribution in [2.24, 2.45) is 0 Å². The molecule has 5 nitrogen and oxygen atoms in total. The maximum absolute atomic E-state index is 13.5. The second-order valence-corrected chi connectivity index (χ2v) is 7.93. The Balaban J connectivity index is 2.33. The maximum atomic E-state index is 13.5. The molecule has 1 heterocycles. The van der Waals surface area contributed by atoms with Crippen LogP contribution >= 0.6 is 0 Å². The lowest BCUT2D eigenvalue weighted by atomic mass is 10.2. The number of benzene rings is 1. The zero-order valence-corrected chi connectivity index (χ0v) is 14.7. The molecule has 1 saturated heterocycles. The summed E-state index contributed by atoms with van der Waals surface area (Å²) in [5.74, 6) is -2.55. The Hall–Kier alpha value is -1.70. The summed E-state index contributed by atoms with van der Waals surface area (Å²) in [5.41, 5.74) is -0.0629. The minimum atomic E-state index is -3.84. The van der Waals surface area contributed by atoms with Gasteiger partial charge in [0.1, 0.15) is 6.04 Å². The summed E-state index contributed by atoms with van der Waals surface area (Å²) in [4.78, 5) is 14.4. The second-order valence-electron chi connectivity index (χ2n) is 6.07. The van der Waals surface area contributed by atoms with Crippen molar-refractivity contribution >= 4 is 21.6 Å². The summed E-state index contributed by atoms with van der Waals surface area (Å²) >= 11 is 0. The van der Waals surface area contributed by atoms with E-state index in [2.05, 4.69) is 0 Å². The van der Waals surface area contributed by atoms with E-state index in [0.29, 0.717) is 13.1 Å². The number of carbonyl (C=O) groups is 1. The van der Waals surface area contributed by atoms with Crippen LogP contribution in [0.15, 0.2) is 18.2 Å². The van der Waals surface area contributed by atoms with Gasteiger partial charge in [-0.05, 0) is 31.9 Å². The SMILES string of the molecule is CC(C(=O)N1CCCCCC1)N(c1ccc(F)c(F)c1)S(C)(=O)=O. The lowest BCUT2D eigenvalue weighted by molar-refractivity contribution is -0.131. The van der Waals surface area contributed by atoms with Crippen LogP contribution in [0, 0.1) is 11.6 Å². The van der Waals surface area contributed by atoms with Crippen LogP contribution in [0.4, 0.5) is 14.5 Å². The summed E-state index contributed by atoms with van der Waals surface area (Å²) in [6.45, 7) is 2.63. The van der Waals surface area contributed by atoms with Crippen LogP contribution in [0.5, 0.6) is 0 Å². The molecule has 0 aromatic heterocycles. The summed E-state index contributed by atoms with van der Waals surface area (Å²) in [6, 6.07) is 1.78. The van der Waals surface area contributed by atoms with Gasteiger partial charge in [0.05, 0.1) is 11.9 Å². The molecule has 1 aromatic carbocycles. The largest absolute Gasteiger partial charge is 0.341 e. The molecule has 8 heteroatoms. The van der Waals surface area contributed by atoms with Gasteiger partial charge in [-0.25, -0.2) is 17.2 Å². The third-order valence-electron chi connectivity index (χ3n) is 4.14. The van der Waals surface area contributed by atoms with Crippen molar-refractivity contribution in [2.45, 2.75) is 38.6 Å². The Kier molecular flexibility index (Phi) is 5.79. The van der Waals surface area contributed by atoms with E-state index in [9.17, 15) is 22.0 Å². The third kappa shape index (κ3) is 4.23. The highest BCUT2D eigenvalue weighted by molar-refractivity contribution is 7.92. The average molecular weight is 360 g/mol. The molecular formula is C16H22F2N2O3S. The first kappa shape index (κ1) is 18.6. The first-order valence-electron chi connectivity index (χ1n) is 7.95. The number of rotatable bonds is 4. The number of sulfonamides is 1. The first-order valence-corrected chi connectivity index (χ1v) is 9.80. The number of nitrogens with zero attached hydrogens (tertiary/aromatic N) is 2. The minimum absolute atomic E-state index is 0.0629. The van der Waals surface area contributed by atoms with Crippen LogP contribution in [0.2, 0.25) is 0 Å². The molecule has 1 aromatic rings. The number of halogens is 2. The van der Waals surface area contributed by atoms with E-state index in [1.807, 2.05) is 0 Å². The molecule has 2 rings (SSSR count). The molecule has 24 heavy (non-hydrogen) atoms. The summed E-state index contributed by atoms with van der Waals surface area (Å²) in [7, 11) is -3.84. The van der Waals surface area contributed by atoms with Crippen molar-refractivity contribution in [1.29, 1.82) is 0 Å². The predicted molar refractivity (Wildman–Crippen MR) is 88.2 cm³/mol. The predicted octanol–water partition coefficient (Wildman–Crippen LogP) is 2.52. The fourth-order valence-electron chi connectivity index (χ4n) is 2.98. The van der Waals surface area contributed by atoms with Gasteiger partial charge in [-0.3, -0.25) is 9.10 Å². The molecule has 1 fully saturated rings. The molecule has 1 atom stereocenters. The molecule has 1 aliphatic rings. The fourth-order valence-corrected chi connectivity index (χ4v) is 4.14. The molecule has 0 aliphatic carbocycles. The average Bonchev–Trinajstić information content (AvgIpc) is 2.78. The molecular weight excluding hydrogens is 338 g/mol. The van der Waals surface area contributed by atoms with Crippen molar-refractivity contribution < 1.29 is 22.0 Å². The summed E-state index contributed by atoms with van der Waals surface area (Å²) in [5, 5.41) is 0. The monoisotopic (exact) mass is 360 g/mol. The maximum Gasteiger partial charge on any atom is 0.246 e. The third-order valence-corrected chi connectivity index (χ3v) is 5.38. The summed E-state index contributed by atoms with van der Waals surface area (Å²) < 4.78 is 51.8. The van der Waals surface area contributed by atoms with Gasteiger partial charge in [0.25, 0.3) is 0 Å². The normalized spacial score (nSPS) is 17.2. The Morgan fingerprint density at radius 1 is 1.12 bits per heavy atom. The number of likely N-dealkylation sites (tertiary alicyclic amines) is 1. The van der Waals surface area contributed by atoms with Crippen molar-refractivity contribution in [3.05, 3.63) is 29.8 Å². The topological polar surface area (TPSA) is 57.7 Å². The highest BCUT2D eigenvalue weighted by Crippen LogP contribution is 2.24. The number of hydrogen-bond acceptors (Lipinski definition) is 3. The Morgan fingerprint density at radius 3 is 2.21 bits per heavy atom. The van der Waals surface area contributed by atoms with Crippen LogP contribution < -0.4 is 4.31 Å². The molecule has 0 bridgehead atoms. The van der Waals surface area contributed by atoms with Gasteiger partial charge >= 0.3 is 0 Å². The second kappa shape index (κ2) is 7.46. The molecule has 1 unspecified atom stereocenters.